The molecule has 0 amide bonds. The number of rotatable bonds is 4. The molecule has 2 heterocycles. The van der Waals surface area contributed by atoms with Crippen LogP contribution in [0.1, 0.15) is 31.8 Å². The zero-order chi connectivity index (χ0) is 13.8. The molecule has 3 N–H and O–H groups in total. The highest BCUT2D eigenvalue weighted by Crippen LogP contribution is 2.17. The number of morpholine rings is 1. The standard InChI is InChI=1S/C13H23N5O/c1-4-11-8-19-10(3)6-18(11)7-13-15-9(2)5-12(16-13)17-14/h5,10-11H,4,6-8,14H2,1-3H3,(H,15,16,17). The quantitative estimate of drug-likeness (QED) is 0.626. The zero-order valence-electron chi connectivity index (χ0n) is 11.9. The van der Waals surface area contributed by atoms with Crippen molar-refractivity contribution in [2.24, 2.45) is 5.84 Å². The number of aromatic nitrogens is 2. The second-order valence-corrected chi connectivity index (χ2v) is 5.09. The lowest BCUT2D eigenvalue weighted by molar-refractivity contribution is -0.0600. The Morgan fingerprint density at radius 2 is 2.32 bits per heavy atom. The first-order valence-electron chi connectivity index (χ1n) is 6.79. The predicted octanol–water partition coefficient (Wildman–Crippen LogP) is 1.07. The normalized spacial score (nSPS) is 24.4. The lowest BCUT2D eigenvalue weighted by atomic mass is 10.1. The van der Waals surface area contributed by atoms with E-state index in [9.17, 15) is 0 Å². The Labute approximate surface area is 114 Å². The summed E-state index contributed by atoms with van der Waals surface area (Å²) in [4.78, 5) is 11.3. The van der Waals surface area contributed by atoms with Gasteiger partial charge >= 0.3 is 0 Å². The van der Waals surface area contributed by atoms with Gasteiger partial charge in [0.1, 0.15) is 11.6 Å². The van der Waals surface area contributed by atoms with Crippen molar-refractivity contribution >= 4 is 5.82 Å². The summed E-state index contributed by atoms with van der Waals surface area (Å²) in [5.41, 5.74) is 3.51. The molecular formula is C13H23N5O. The lowest BCUT2D eigenvalue weighted by Gasteiger charge is -2.37. The Bertz CT molecular complexity index is 425. The van der Waals surface area contributed by atoms with Crippen LogP contribution in [0.15, 0.2) is 6.07 Å². The van der Waals surface area contributed by atoms with Gasteiger partial charge in [0.15, 0.2) is 0 Å². The minimum Gasteiger partial charge on any atom is -0.376 e. The molecule has 1 aromatic heterocycles. The maximum atomic E-state index is 5.70. The number of hydrogen-bond donors (Lipinski definition) is 2. The Morgan fingerprint density at radius 1 is 1.53 bits per heavy atom. The zero-order valence-corrected chi connectivity index (χ0v) is 11.9. The van der Waals surface area contributed by atoms with Crippen LogP contribution >= 0.6 is 0 Å². The number of hydrogen-bond acceptors (Lipinski definition) is 6. The second kappa shape index (κ2) is 6.27. The Kier molecular flexibility index (Phi) is 4.68. The summed E-state index contributed by atoms with van der Waals surface area (Å²) < 4.78 is 5.70. The molecule has 0 saturated carbocycles. The number of nitrogen functional groups attached to an aromatic ring is 1. The molecule has 1 aliphatic heterocycles. The number of nitrogens with one attached hydrogen (secondary N) is 1. The molecule has 1 saturated heterocycles. The molecule has 0 bridgehead atoms. The molecule has 1 fully saturated rings. The van der Waals surface area contributed by atoms with Crippen molar-refractivity contribution in [3.05, 3.63) is 17.6 Å². The molecule has 6 nitrogen and oxygen atoms in total. The molecule has 0 radical (unpaired) electrons. The summed E-state index contributed by atoms with van der Waals surface area (Å²) in [6, 6.07) is 2.28. The minimum atomic E-state index is 0.264. The van der Waals surface area contributed by atoms with Gasteiger partial charge in [0.25, 0.3) is 0 Å². The van der Waals surface area contributed by atoms with Gasteiger partial charge in [-0.1, -0.05) is 6.92 Å². The summed E-state index contributed by atoms with van der Waals surface area (Å²) in [6.45, 7) is 8.67. The number of nitrogens with zero attached hydrogens (tertiary/aromatic N) is 3. The molecule has 1 aliphatic rings. The van der Waals surface area contributed by atoms with Crippen molar-refractivity contribution in [2.75, 3.05) is 18.6 Å². The van der Waals surface area contributed by atoms with Crippen LogP contribution in [0, 0.1) is 6.92 Å². The van der Waals surface area contributed by atoms with Gasteiger partial charge in [-0.15, -0.1) is 0 Å². The Morgan fingerprint density at radius 3 is 3.00 bits per heavy atom. The van der Waals surface area contributed by atoms with Gasteiger partial charge in [-0.3, -0.25) is 4.90 Å². The first kappa shape index (κ1) is 14.2. The Hall–Kier alpha value is -1.24. The third-order valence-corrected chi connectivity index (χ3v) is 3.45. The van der Waals surface area contributed by atoms with E-state index in [0.29, 0.717) is 11.9 Å². The van der Waals surface area contributed by atoms with Crippen LogP contribution < -0.4 is 11.3 Å². The van der Waals surface area contributed by atoms with Crippen molar-refractivity contribution < 1.29 is 4.74 Å². The van der Waals surface area contributed by atoms with Gasteiger partial charge in [-0.2, -0.15) is 0 Å². The fourth-order valence-corrected chi connectivity index (χ4v) is 2.44. The second-order valence-electron chi connectivity index (χ2n) is 5.09. The fraction of sp³-hybridized carbons (Fsp3) is 0.692. The maximum absolute atomic E-state index is 5.70. The van der Waals surface area contributed by atoms with E-state index in [1.54, 1.807) is 0 Å². The first-order valence-corrected chi connectivity index (χ1v) is 6.79. The van der Waals surface area contributed by atoms with E-state index in [2.05, 4.69) is 34.1 Å². The van der Waals surface area contributed by atoms with Gasteiger partial charge in [0.05, 0.1) is 19.3 Å². The molecule has 1 aromatic rings. The van der Waals surface area contributed by atoms with Gasteiger partial charge in [-0.25, -0.2) is 15.8 Å². The van der Waals surface area contributed by atoms with E-state index < -0.39 is 0 Å². The first-order chi connectivity index (χ1) is 9.12. The average Bonchev–Trinajstić information content (AvgIpc) is 2.38. The topological polar surface area (TPSA) is 76.3 Å². The van der Waals surface area contributed by atoms with Crippen molar-refractivity contribution in [1.29, 1.82) is 0 Å². The van der Waals surface area contributed by atoms with Crippen LogP contribution in [0.3, 0.4) is 0 Å². The van der Waals surface area contributed by atoms with E-state index in [1.165, 1.54) is 0 Å². The smallest absolute Gasteiger partial charge is 0.145 e. The van der Waals surface area contributed by atoms with Crippen LogP contribution in [0.4, 0.5) is 5.82 Å². The van der Waals surface area contributed by atoms with Crippen LogP contribution in [-0.4, -0.2) is 40.2 Å². The molecule has 0 aromatic carbocycles. The van der Waals surface area contributed by atoms with Crippen molar-refractivity contribution in [2.45, 2.75) is 45.9 Å². The van der Waals surface area contributed by atoms with Crippen LogP contribution in [0.5, 0.6) is 0 Å². The number of ether oxygens (including phenoxy) is 1. The van der Waals surface area contributed by atoms with E-state index in [-0.39, 0.29) is 6.10 Å². The summed E-state index contributed by atoms with van der Waals surface area (Å²) in [5, 5.41) is 0. The molecular weight excluding hydrogens is 242 g/mol. The molecule has 106 valence electrons. The minimum absolute atomic E-state index is 0.264. The molecule has 0 spiro atoms. The summed E-state index contributed by atoms with van der Waals surface area (Å²) in [6.07, 6.45) is 1.33. The monoisotopic (exact) mass is 265 g/mol. The summed E-state index contributed by atoms with van der Waals surface area (Å²) in [7, 11) is 0. The van der Waals surface area contributed by atoms with E-state index in [4.69, 9.17) is 10.6 Å². The molecule has 2 rings (SSSR count). The summed E-state index contributed by atoms with van der Waals surface area (Å²) in [5.74, 6) is 6.89. The van der Waals surface area contributed by atoms with Crippen LogP contribution in [-0.2, 0) is 11.3 Å². The van der Waals surface area contributed by atoms with Crippen LogP contribution in [0.25, 0.3) is 0 Å². The Balaban J connectivity index is 2.11. The number of anilines is 1. The predicted molar refractivity (Wildman–Crippen MR) is 74.5 cm³/mol. The fourth-order valence-electron chi connectivity index (χ4n) is 2.44. The van der Waals surface area contributed by atoms with Gasteiger partial charge in [-0.05, 0) is 20.3 Å². The largest absolute Gasteiger partial charge is 0.376 e. The summed E-state index contributed by atoms with van der Waals surface area (Å²) >= 11 is 0. The molecule has 2 atom stereocenters. The number of nitrogens with two attached hydrogens (primary N) is 1. The van der Waals surface area contributed by atoms with Crippen LogP contribution in [0.2, 0.25) is 0 Å². The van der Waals surface area contributed by atoms with E-state index in [0.717, 1.165) is 37.6 Å². The maximum Gasteiger partial charge on any atom is 0.145 e. The average molecular weight is 265 g/mol. The van der Waals surface area contributed by atoms with E-state index >= 15 is 0 Å². The lowest BCUT2D eigenvalue weighted by Crippen LogP contribution is -2.48. The molecule has 2 unspecified atom stereocenters. The van der Waals surface area contributed by atoms with Crippen molar-refractivity contribution in [3.8, 4) is 0 Å². The third-order valence-electron chi connectivity index (χ3n) is 3.45. The molecule has 0 aliphatic carbocycles. The molecule has 19 heavy (non-hydrogen) atoms. The highest BCUT2D eigenvalue weighted by atomic mass is 16.5. The van der Waals surface area contributed by atoms with Gasteiger partial charge in [0, 0.05) is 24.3 Å². The third kappa shape index (κ3) is 3.62. The van der Waals surface area contributed by atoms with Gasteiger partial charge in [0.2, 0.25) is 0 Å². The van der Waals surface area contributed by atoms with Crippen molar-refractivity contribution in [1.82, 2.24) is 14.9 Å². The highest BCUT2D eigenvalue weighted by molar-refractivity contribution is 5.33. The van der Waals surface area contributed by atoms with Gasteiger partial charge < -0.3 is 10.2 Å². The molecule has 6 heteroatoms. The highest BCUT2D eigenvalue weighted by Gasteiger charge is 2.26. The SMILES string of the molecule is CCC1COC(C)CN1Cc1nc(C)cc(NN)n1. The van der Waals surface area contributed by atoms with E-state index in [1.807, 2.05) is 13.0 Å². The number of aryl methyl sites for hydroxylation is 1. The number of hydrazine groups is 1. The van der Waals surface area contributed by atoms with Crippen molar-refractivity contribution in [3.63, 3.8) is 0 Å².